The van der Waals surface area contributed by atoms with Gasteiger partial charge in [-0.1, -0.05) is 48.0 Å². The van der Waals surface area contributed by atoms with Crippen LogP contribution in [0, 0.1) is 0 Å². The normalized spacial score (nSPS) is 12.3. The topological polar surface area (TPSA) is 55.5 Å². The highest BCUT2D eigenvalue weighted by atomic mass is 35.5. The molecule has 0 aliphatic rings. The predicted molar refractivity (Wildman–Crippen MR) is 88.7 cm³/mol. The second-order valence-corrected chi connectivity index (χ2v) is 6.06. The van der Waals surface area contributed by atoms with Gasteiger partial charge in [0.05, 0.1) is 24.3 Å². The summed E-state index contributed by atoms with van der Waals surface area (Å²) in [6, 6.07) is 15.3. The molecule has 2 aromatic carbocycles. The Morgan fingerprint density at radius 1 is 1.14 bits per heavy atom. The lowest BCUT2D eigenvalue weighted by atomic mass is 10.2. The van der Waals surface area contributed by atoms with Crippen LogP contribution in [-0.4, -0.2) is 23.6 Å². The van der Waals surface area contributed by atoms with Crippen LogP contribution in [-0.2, 0) is 11.3 Å². The van der Waals surface area contributed by atoms with Crippen molar-refractivity contribution in [2.24, 2.45) is 0 Å². The van der Waals surface area contributed by atoms with Crippen molar-refractivity contribution < 1.29 is 9.84 Å². The van der Waals surface area contributed by atoms with Gasteiger partial charge in [-0.3, -0.25) is 0 Å². The summed E-state index contributed by atoms with van der Waals surface area (Å²) in [5.41, 5.74) is 7.59. The number of thioether (sulfide) groups is 1. The van der Waals surface area contributed by atoms with Crippen LogP contribution in [0.1, 0.15) is 5.56 Å². The number of nitrogens with two attached hydrogens (primary N) is 1. The molecule has 0 radical (unpaired) electrons. The molecule has 3 nitrogen and oxygen atoms in total. The van der Waals surface area contributed by atoms with Gasteiger partial charge in [0, 0.05) is 16.3 Å². The van der Waals surface area contributed by atoms with E-state index in [1.807, 2.05) is 30.3 Å². The molecule has 0 saturated carbocycles. The van der Waals surface area contributed by atoms with Crippen molar-refractivity contribution in [1.29, 1.82) is 0 Å². The van der Waals surface area contributed by atoms with Gasteiger partial charge in [0.2, 0.25) is 0 Å². The molecule has 0 heterocycles. The Morgan fingerprint density at radius 2 is 1.90 bits per heavy atom. The molecule has 2 aromatic rings. The van der Waals surface area contributed by atoms with Crippen molar-refractivity contribution in [2.45, 2.75) is 17.6 Å². The Morgan fingerprint density at radius 3 is 2.62 bits per heavy atom. The van der Waals surface area contributed by atoms with E-state index in [1.54, 1.807) is 18.2 Å². The van der Waals surface area contributed by atoms with Crippen LogP contribution in [0.3, 0.4) is 0 Å². The third-order valence-electron chi connectivity index (χ3n) is 2.84. The molecular formula is C16H18ClNO2S. The molecule has 0 aliphatic carbocycles. The van der Waals surface area contributed by atoms with E-state index < -0.39 is 6.10 Å². The van der Waals surface area contributed by atoms with Crippen molar-refractivity contribution in [3.05, 3.63) is 59.1 Å². The van der Waals surface area contributed by atoms with E-state index in [0.29, 0.717) is 23.1 Å². The van der Waals surface area contributed by atoms with Crippen LogP contribution < -0.4 is 5.73 Å². The van der Waals surface area contributed by atoms with Crippen molar-refractivity contribution in [3.63, 3.8) is 0 Å². The van der Waals surface area contributed by atoms with Gasteiger partial charge in [-0.15, -0.1) is 11.8 Å². The molecule has 0 saturated heterocycles. The van der Waals surface area contributed by atoms with E-state index >= 15 is 0 Å². The second-order valence-electron chi connectivity index (χ2n) is 4.62. The number of ether oxygens (including phenoxy) is 1. The van der Waals surface area contributed by atoms with Crippen molar-refractivity contribution in [2.75, 3.05) is 18.1 Å². The Hall–Kier alpha value is -1.20. The quantitative estimate of drug-likeness (QED) is 0.604. The fraction of sp³-hybridized carbons (Fsp3) is 0.250. The molecule has 1 atom stereocenters. The van der Waals surface area contributed by atoms with Crippen molar-refractivity contribution in [3.8, 4) is 0 Å². The number of aliphatic hydroxyl groups excluding tert-OH is 1. The molecule has 5 heteroatoms. The maximum Gasteiger partial charge on any atom is 0.0867 e. The SMILES string of the molecule is Nc1cccc(Cl)c1SCC(O)COCc1ccccc1. The predicted octanol–water partition coefficient (Wildman–Crippen LogP) is 3.59. The zero-order chi connectivity index (χ0) is 15.1. The van der Waals surface area contributed by atoms with Gasteiger partial charge in [0.1, 0.15) is 0 Å². The summed E-state index contributed by atoms with van der Waals surface area (Å²) in [5.74, 6) is 0.489. The Bertz CT molecular complexity index is 545. The number of aliphatic hydroxyl groups is 1. The van der Waals surface area contributed by atoms with Gasteiger partial charge in [0.25, 0.3) is 0 Å². The summed E-state index contributed by atoms with van der Waals surface area (Å²) in [4.78, 5) is 0.807. The minimum atomic E-state index is -0.561. The summed E-state index contributed by atoms with van der Waals surface area (Å²) in [6.45, 7) is 0.781. The average Bonchev–Trinajstić information content (AvgIpc) is 2.48. The molecule has 0 amide bonds. The fourth-order valence-electron chi connectivity index (χ4n) is 1.79. The summed E-state index contributed by atoms with van der Waals surface area (Å²) >= 11 is 7.52. The van der Waals surface area contributed by atoms with Crippen molar-refractivity contribution in [1.82, 2.24) is 0 Å². The standard InChI is InChI=1S/C16H18ClNO2S/c17-14-7-4-8-15(18)16(14)21-11-13(19)10-20-9-12-5-2-1-3-6-12/h1-8,13,19H,9-11,18H2. The van der Waals surface area contributed by atoms with E-state index in [2.05, 4.69) is 0 Å². The first-order valence-electron chi connectivity index (χ1n) is 6.63. The molecule has 1 unspecified atom stereocenters. The highest BCUT2D eigenvalue weighted by Crippen LogP contribution is 2.32. The molecule has 3 N–H and O–H groups in total. The maximum atomic E-state index is 9.94. The first kappa shape index (κ1) is 16.2. The lowest BCUT2D eigenvalue weighted by Gasteiger charge is -2.13. The van der Waals surface area contributed by atoms with E-state index in [0.717, 1.165) is 10.5 Å². The highest BCUT2D eigenvalue weighted by Gasteiger charge is 2.10. The lowest BCUT2D eigenvalue weighted by molar-refractivity contribution is 0.0398. The molecule has 0 spiro atoms. The van der Waals surface area contributed by atoms with Crippen LogP contribution in [0.5, 0.6) is 0 Å². The molecule has 112 valence electrons. The zero-order valence-electron chi connectivity index (χ0n) is 11.5. The van der Waals surface area contributed by atoms with E-state index in [4.69, 9.17) is 22.1 Å². The van der Waals surface area contributed by atoms with Gasteiger partial charge >= 0.3 is 0 Å². The number of rotatable bonds is 7. The third-order valence-corrected chi connectivity index (χ3v) is 4.56. The second kappa shape index (κ2) is 8.29. The molecule has 2 rings (SSSR count). The maximum absolute atomic E-state index is 9.94. The molecule has 21 heavy (non-hydrogen) atoms. The monoisotopic (exact) mass is 323 g/mol. The van der Waals surface area contributed by atoms with Gasteiger partial charge in [-0.25, -0.2) is 0 Å². The molecule has 0 aromatic heterocycles. The van der Waals surface area contributed by atoms with E-state index in [9.17, 15) is 5.11 Å². The fourth-order valence-corrected chi connectivity index (χ4v) is 3.03. The number of nitrogen functional groups attached to an aromatic ring is 1. The summed E-state index contributed by atoms with van der Waals surface area (Å²) in [7, 11) is 0. The summed E-state index contributed by atoms with van der Waals surface area (Å²) in [6.07, 6.45) is -0.561. The molecule has 0 bridgehead atoms. The minimum absolute atomic E-state index is 0.284. The Labute approximate surface area is 134 Å². The van der Waals surface area contributed by atoms with Gasteiger partial charge in [-0.2, -0.15) is 0 Å². The van der Waals surface area contributed by atoms with Crippen LogP contribution >= 0.6 is 23.4 Å². The summed E-state index contributed by atoms with van der Waals surface area (Å²) in [5, 5.41) is 10.5. The van der Waals surface area contributed by atoms with Gasteiger partial charge in [-0.05, 0) is 17.7 Å². The van der Waals surface area contributed by atoms with Crippen LogP contribution in [0.15, 0.2) is 53.4 Å². The van der Waals surface area contributed by atoms with Crippen LogP contribution in [0.2, 0.25) is 5.02 Å². The van der Waals surface area contributed by atoms with Crippen LogP contribution in [0.4, 0.5) is 5.69 Å². The largest absolute Gasteiger partial charge is 0.398 e. The minimum Gasteiger partial charge on any atom is -0.398 e. The number of halogens is 1. The number of hydrogen-bond donors (Lipinski definition) is 2. The first-order chi connectivity index (χ1) is 10.2. The van der Waals surface area contributed by atoms with Crippen molar-refractivity contribution >= 4 is 29.1 Å². The highest BCUT2D eigenvalue weighted by molar-refractivity contribution is 7.99. The third kappa shape index (κ3) is 5.25. The van der Waals surface area contributed by atoms with Gasteiger partial charge < -0.3 is 15.6 Å². The Balaban J connectivity index is 1.74. The lowest BCUT2D eigenvalue weighted by Crippen LogP contribution is -2.18. The first-order valence-corrected chi connectivity index (χ1v) is 7.99. The van der Waals surface area contributed by atoms with Crippen LogP contribution in [0.25, 0.3) is 0 Å². The number of anilines is 1. The number of benzene rings is 2. The number of hydrogen-bond acceptors (Lipinski definition) is 4. The van der Waals surface area contributed by atoms with Gasteiger partial charge in [0.15, 0.2) is 0 Å². The smallest absolute Gasteiger partial charge is 0.0867 e. The molecular weight excluding hydrogens is 306 g/mol. The average molecular weight is 324 g/mol. The summed E-state index contributed by atoms with van der Waals surface area (Å²) < 4.78 is 5.50. The Kier molecular flexibility index (Phi) is 6.39. The zero-order valence-corrected chi connectivity index (χ0v) is 13.1. The molecule has 0 aliphatic heterocycles. The molecule has 0 fully saturated rings. The van der Waals surface area contributed by atoms with E-state index in [1.165, 1.54) is 11.8 Å². The van der Waals surface area contributed by atoms with E-state index in [-0.39, 0.29) is 6.61 Å².